The van der Waals surface area contributed by atoms with Gasteiger partial charge in [0.1, 0.15) is 0 Å². The first-order valence-corrected chi connectivity index (χ1v) is 13.2. The predicted octanol–water partition coefficient (Wildman–Crippen LogP) is 3.00. The maximum atomic E-state index is 12.5. The van der Waals surface area contributed by atoms with Gasteiger partial charge in [-0.2, -0.15) is 12.7 Å². The van der Waals surface area contributed by atoms with Crippen LogP contribution in [0.15, 0.2) is 28.8 Å². The molecule has 1 aromatic heterocycles. The third kappa shape index (κ3) is 7.49. The molecule has 1 N–H and O–H groups in total. The standard InChI is InChI=1S/C21H32N4O5S.C2H6/c1-4-24(10-9-16(2)20-18-7-5-6-8-19(18)30-22-20)15-17(3)21(26)23-31(27,28)25-11-13-29-14-12-25;1-2/h5-8,16-17H,4,9-15H2,1-3H3,(H,23,26);1-2H3. The summed E-state index contributed by atoms with van der Waals surface area (Å²) in [5.74, 6) is -0.747. The Balaban J connectivity index is 0.00000187. The summed E-state index contributed by atoms with van der Waals surface area (Å²) < 4.78 is 38.9. The first-order valence-electron chi connectivity index (χ1n) is 11.8. The van der Waals surface area contributed by atoms with E-state index in [-0.39, 0.29) is 19.0 Å². The molecule has 1 aromatic carbocycles. The van der Waals surface area contributed by atoms with E-state index in [1.54, 1.807) is 6.92 Å². The number of morpholine rings is 1. The number of fused-ring (bicyclic) bond motifs is 1. The smallest absolute Gasteiger partial charge is 0.303 e. The van der Waals surface area contributed by atoms with Crippen molar-refractivity contribution in [3.8, 4) is 0 Å². The molecule has 1 fully saturated rings. The lowest BCUT2D eigenvalue weighted by atomic mass is 10.00. The Morgan fingerprint density at radius 2 is 1.88 bits per heavy atom. The van der Waals surface area contributed by atoms with Gasteiger partial charge in [-0.3, -0.25) is 4.79 Å². The van der Waals surface area contributed by atoms with E-state index < -0.39 is 22.0 Å². The number of aromatic nitrogens is 1. The highest BCUT2D eigenvalue weighted by Gasteiger charge is 2.28. The topological polar surface area (TPSA) is 105 Å². The van der Waals surface area contributed by atoms with Crippen molar-refractivity contribution in [2.75, 3.05) is 45.9 Å². The van der Waals surface area contributed by atoms with Crippen LogP contribution in [0.5, 0.6) is 0 Å². The SMILES string of the molecule is CC.CCN(CCC(C)c1noc2ccccc12)CC(C)C(=O)NS(=O)(=O)N1CCOCC1. The number of hydrogen-bond acceptors (Lipinski definition) is 7. The van der Waals surface area contributed by atoms with Crippen LogP contribution in [0.4, 0.5) is 0 Å². The van der Waals surface area contributed by atoms with Crippen molar-refractivity contribution >= 4 is 27.1 Å². The van der Waals surface area contributed by atoms with Gasteiger partial charge in [0.25, 0.3) is 0 Å². The molecule has 2 heterocycles. The minimum Gasteiger partial charge on any atom is -0.379 e. The van der Waals surface area contributed by atoms with Gasteiger partial charge < -0.3 is 14.2 Å². The Labute approximate surface area is 197 Å². The highest BCUT2D eigenvalue weighted by molar-refractivity contribution is 7.87. The van der Waals surface area contributed by atoms with Crippen LogP contribution >= 0.6 is 0 Å². The number of hydrogen-bond donors (Lipinski definition) is 1. The van der Waals surface area contributed by atoms with Crippen LogP contribution in [0.25, 0.3) is 11.0 Å². The molecule has 9 nitrogen and oxygen atoms in total. The fourth-order valence-corrected chi connectivity index (χ4v) is 4.92. The molecular weight excluding hydrogens is 444 g/mol. The molecule has 10 heteroatoms. The fraction of sp³-hybridized carbons (Fsp3) is 0.652. The third-order valence-corrected chi connectivity index (χ3v) is 7.22. The molecule has 1 aliphatic rings. The second kappa shape index (κ2) is 13.0. The summed E-state index contributed by atoms with van der Waals surface area (Å²) in [6, 6.07) is 7.81. The number of carbonyl (C=O) groups excluding carboxylic acids is 1. The molecule has 0 spiro atoms. The average molecular weight is 483 g/mol. The van der Waals surface area contributed by atoms with Gasteiger partial charge in [0.05, 0.1) is 18.9 Å². The highest BCUT2D eigenvalue weighted by Crippen LogP contribution is 2.27. The number of amides is 1. The van der Waals surface area contributed by atoms with Gasteiger partial charge in [0.15, 0.2) is 5.58 Å². The Kier molecular flexibility index (Phi) is 10.7. The van der Waals surface area contributed by atoms with Gasteiger partial charge in [-0.1, -0.05) is 51.9 Å². The van der Waals surface area contributed by atoms with E-state index in [2.05, 4.69) is 21.7 Å². The summed E-state index contributed by atoms with van der Waals surface area (Å²) in [5, 5.41) is 5.26. The predicted molar refractivity (Wildman–Crippen MR) is 129 cm³/mol. The molecule has 1 amide bonds. The molecule has 2 atom stereocenters. The van der Waals surface area contributed by atoms with E-state index in [1.165, 1.54) is 4.31 Å². The first kappa shape index (κ1) is 27.2. The van der Waals surface area contributed by atoms with Crippen molar-refractivity contribution in [1.29, 1.82) is 0 Å². The van der Waals surface area contributed by atoms with Crippen LogP contribution in [-0.4, -0.2) is 74.6 Å². The Morgan fingerprint density at radius 1 is 1.21 bits per heavy atom. The van der Waals surface area contributed by atoms with Gasteiger partial charge in [0, 0.05) is 36.9 Å². The molecule has 0 radical (unpaired) electrons. The molecule has 2 unspecified atom stereocenters. The molecule has 3 rings (SSSR count). The summed E-state index contributed by atoms with van der Waals surface area (Å²) in [6.07, 6.45) is 0.852. The Bertz CT molecular complexity index is 972. The molecule has 2 aromatic rings. The monoisotopic (exact) mass is 482 g/mol. The van der Waals surface area contributed by atoms with E-state index in [9.17, 15) is 13.2 Å². The Hall–Kier alpha value is -2.01. The summed E-state index contributed by atoms with van der Waals surface area (Å²) >= 11 is 0. The number of nitrogens with zero attached hydrogens (tertiary/aromatic N) is 3. The van der Waals surface area contributed by atoms with E-state index in [0.717, 1.165) is 36.2 Å². The van der Waals surface area contributed by atoms with Gasteiger partial charge in [-0.15, -0.1) is 0 Å². The quantitative estimate of drug-likeness (QED) is 0.555. The molecule has 33 heavy (non-hydrogen) atoms. The molecule has 186 valence electrons. The minimum atomic E-state index is -3.83. The molecule has 0 bridgehead atoms. The van der Waals surface area contributed by atoms with Crippen LogP contribution in [-0.2, 0) is 19.7 Å². The van der Waals surface area contributed by atoms with Crippen LogP contribution < -0.4 is 4.72 Å². The lowest BCUT2D eigenvalue weighted by Gasteiger charge is -2.28. The molecule has 0 saturated carbocycles. The Morgan fingerprint density at radius 3 is 2.55 bits per heavy atom. The van der Waals surface area contributed by atoms with Crippen molar-refractivity contribution < 1.29 is 22.5 Å². The summed E-state index contributed by atoms with van der Waals surface area (Å²) in [6.45, 7) is 13.1. The van der Waals surface area contributed by atoms with Crippen molar-refractivity contribution in [3.63, 3.8) is 0 Å². The lowest BCUT2D eigenvalue weighted by Crippen LogP contribution is -2.50. The number of rotatable bonds is 10. The second-order valence-electron chi connectivity index (χ2n) is 8.03. The zero-order valence-corrected chi connectivity index (χ0v) is 21.2. The number of nitrogens with one attached hydrogen (secondary N) is 1. The van der Waals surface area contributed by atoms with Crippen LogP contribution in [0, 0.1) is 5.92 Å². The number of ether oxygens (including phenoxy) is 1. The molecule has 1 saturated heterocycles. The van der Waals surface area contributed by atoms with Crippen LogP contribution in [0.3, 0.4) is 0 Å². The third-order valence-electron chi connectivity index (χ3n) is 5.72. The zero-order chi connectivity index (χ0) is 24.4. The second-order valence-corrected chi connectivity index (χ2v) is 9.70. The average Bonchev–Trinajstić information content (AvgIpc) is 3.27. The molecule has 0 aliphatic carbocycles. The lowest BCUT2D eigenvalue weighted by molar-refractivity contribution is -0.123. The van der Waals surface area contributed by atoms with Crippen molar-refractivity contribution in [1.82, 2.24) is 19.1 Å². The van der Waals surface area contributed by atoms with Gasteiger partial charge in [0.2, 0.25) is 5.91 Å². The largest absolute Gasteiger partial charge is 0.379 e. The van der Waals surface area contributed by atoms with Crippen molar-refractivity contribution in [2.24, 2.45) is 5.92 Å². The highest BCUT2D eigenvalue weighted by atomic mass is 32.2. The number of benzene rings is 1. The summed E-state index contributed by atoms with van der Waals surface area (Å²) in [7, 11) is -3.83. The maximum Gasteiger partial charge on any atom is 0.303 e. The fourth-order valence-electron chi connectivity index (χ4n) is 3.70. The zero-order valence-electron chi connectivity index (χ0n) is 20.4. The normalized spacial score (nSPS) is 16.8. The van der Waals surface area contributed by atoms with Gasteiger partial charge in [-0.25, -0.2) is 4.72 Å². The number of carbonyl (C=O) groups is 1. The van der Waals surface area contributed by atoms with E-state index in [1.807, 2.05) is 45.0 Å². The van der Waals surface area contributed by atoms with Crippen LogP contribution in [0.2, 0.25) is 0 Å². The first-order chi connectivity index (χ1) is 15.8. The van der Waals surface area contributed by atoms with Crippen LogP contribution in [0.1, 0.15) is 52.7 Å². The van der Waals surface area contributed by atoms with Gasteiger partial charge in [-0.05, 0) is 31.6 Å². The summed E-state index contributed by atoms with van der Waals surface area (Å²) in [5.41, 5.74) is 1.72. The number of para-hydroxylation sites is 1. The van der Waals surface area contributed by atoms with Gasteiger partial charge >= 0.3 is 10.2 Å². The van der Waals surface area contributed by atoms with Crippen molar-refractivity contribution in [3.05, 3.63) is 30.0 Å². The molecular formula is C23H38N4O5S. The molecule has 1 aliphatic heterocycles. The van der Waals surface area contributed by atoms with E-state index in [4.69, 9.17) is 9.26 Å². The van der Waals surface area contributed by atoms with E-state index in [0.29, 0.717) is 19.8 Å². The summed E-state index contributed by atoms with van der Waals surface area (Å²) in [4.78, 5) is 14.7. The van der Waals surface area contributed by atoms with Crippen molar-refractivity contribution in [2.45, 2.75) is 47.0 Å². The van der Waals surface area contributed by atoms with E-state index >= 15 is 0 Å². The minimum absolute atomic E-state index is 0.198. The maximum absolute atomic E-state index is 12.5.